The van der Waals surface area contributed by atoms with Crippen LogP contribution in [0.4, 0.5) is 0 Å². The molecule has 0 saturated carbocycles. The molecule has 0 saturated heterocycles. The van der Waals surface area contributed by atoms with Gasteiger partial charge >= 0.3 is 0 Å². The lowest BCUT2D eigenvalue weighted by molar-refractivity contribution is 0.577. The zero-order valence-electron chi connectivity index (χ0n) is 8.92. The van der Waals surface area contributed by atoms with Crippen LogP contribution in [0.3, 0.4) is 0 Å². The van der Waals surface area contributed by atoms with Crippen LogP contribution in [0.2, 0.25) is 0 Å². The normalized spacial score (nSPS) is 12.7. The number of halogens is 1. The summed E-state index contributed by atoms with van der Waals surface area (Å²) in [5.74, 6) is 0. The highest BCUT2D eigenvalue weighted by Crippen LogP contribution is 2.30. The standard InChI is InChI=1S/C12H18BrNS/c1-2-3-4-5-6-7-11(14)12-10(13)8-9-15-12/h2,8-9,11H,1,3-7,14H2. The molecule has 0 spiro atoms. The molecule has 1 nitrogen and oxygen atoms in total. The summed E-state index contributed by atoms with van der Waals surface area (Å²) in [5.41, 5.74) is 6.12. The first kappa shape index (κ1) is 12.9. The fourth-order valence-electron chi connectivity index (χ4n) is 1.53. The van der Waals surface area contributed by atoms with E-state index in [4.69, 9.17) is 5.73 Å². The molecular weight excluding hydrogens is 270 g/mol. The van der Waals surface area contributed by atoms with Crippen LogP contribution in [0.15, 0.2) is 28.6 Å². The molecule has 1 unspecified atom stereocenters. The molecular formula is C12H18BrNS. The van der Waals surface area contributed by atoms with Gasteiger partial charge in [0, 0.05) is 15.4 Å². The van der Waals surface area contributed by atoms with Crippen molar-refractivity contribution in [3.8, 4) is 0 Å². The van der Waals surface area contributed by atoms with Crippen molar-refractivity contribution in [2.24, 2.45) is 5.73 Å². The number of rotatable bonds is 7. The molecule has 0 radical (unpaired) electrons. The van der Waals surface area contributed by atoms with Crippen molar-refractivity contribution >= 4 is 27.3 Å². The van der Waals surface area contributed by atoms with Crippen molar-refractivity contribution in [3.05, 3.63) is 33.5 Å². The lowest BCUT2D eigenvalue weighted by atomic mass is 10.1. The smallest absolute Gasteiger partial charge is 0.0401 e. The Labute approximate surface area is 105 Å². The van der Waals surface area contributed by atoms with Crippen LogP contribution >= 0.6 is 27.3 Å². The fourth-order valence-corrected chi connectivity index (χ4v) is 3.24. The average molecular weight is 288 g/mol. The summed E-state index contributed by atoms with van der Waals surface area (Å²) >= 11 is 5.26. The molecule has 1 atom stereocenters. The number of hydrogen-bond donors (Lipinski definition) is 1. The van der Waals surface area contributed by atoms with Gasteiger partial charge in [-0.25, -0.2) is 0 Å². The summed E-state index contributed by atoms with van der Waals surface area (Å²) < 4.78 is 1.16. The third kappa shape index (κ3) is 4.49. The Morgan fingerprint density at radius 1 is 1.47 bits per heavy atom. The van der Waals surface area contributed by atoms with E-state index in [9.17, 15) is 0 Å². The Balaban J connectivity index is 2.22. The molecule has 1 aromatic rings. The highest BCUT2D eigenvalue weighted by atomic mass is 79.9. The molecule has 0 aliphatic rings. The molecule has 0 aliphatic carbocycles. The molecule has 1 aromatic heterocycles. The van der Waals surface area contributed by atoms with Gasteiger partial charge in [-0.05, 0) is 46.6 Å². The zero-order chi connectivity index (χ0) is 11.1. The van der Waals surface area contributed by atoms with E-state index >= 15 is 0 Å². The summed E-state index contributed by atoms with van der Waals surface area (Å²) in [5, 5.41) is 2.08. The van der Waals surface area contributed by atoms with Gasteiger partial charge in [0.15, 0.2) is 0 Å². The summed E-state index contributed by atoms with van der Waals surface area (Å²) in [4.78, 5) is 1.28. The largest absolute Gasteiger partial charge is 0.323 e. The van der Waals surface area contributed by atoms with Crippen LogP contribution < -0.4 is 5.73 Å². The van der Waals surface area contributed by atoms with E-state index < -0.39 is 0 Å². The van der Waals surface area contributed by atoms with Gasteiger partial charge < -0.3 is 5.73 Å². The second-order valence-electron chi connectivity index (χ2n) is 3.67. The van der Waals surface area contributed by atoms with Crippen molar-refractivity contribution in [1.82, 2.24) is 0 Å². The summed E-state index contributed by atoms with van der Waals surface area (Å²) in [6.45, 7) is 3.72. The number of allylic oxidation sites excluding steroid dienone is 1. The summed E-state index contributed by atoms with van der Waals surface area (Å²) in [7, 11) is 0. The predicted molar refractivity (Wildman–Crippen MR) is 72.2 cm³/mol. The van der Waals surface area contributed by atoms with E-state index in [0.29, 0.717) is 0 Å². The average Bonchev–Trinajstić information content (AvgIpc) is 2.64. The number of hydrogen-bond acceptors (Lipinski definition) is 2. The summed E-state index contributed by atoms with van der Waals surface area (Å²) in [6.07, 6.45) is 7.88. The molecule has 1 rings (SSSR count). The molecule has 0 aliphatic heterocycles. The Morgan fingerprint density at radius 2 is 2.27 bits per heavy atom. The second-order valence-corrected chi connectivity index (χ2v) is 5.47. The van der Waals surface area contributed by atoms with Crippen molar-refractivity contribution in [2.45, 2.75) is 38.1 Å². The monoisotopic (exact) mass is 287 g/mol. The molecule has 84 valence electrons. The maximum absolute atomic E-state index is 6.12. The van der Waals surface area contributed by atoms with Gasteiger partial charge in [-0.1, -0.05) is 18.9 Å². The van der Waals surface area contributed by atoms with Crippen LogP contribution in [0.1, 0.15) is 43.0 Å². The van der Waals surface area contributed by atoms with Crippen molar-refractivity contribution in [3.63, 3.8) is 0 Å². The van der Waals surface area contributed by atoms with Crippen molar-refractivity contribution in [1.29, 1.82) is 0 Å². The lowest BCUT2D eigenvalue weighted by Crippen LogP contribution is -2.08. The summed E-state index contributed by atoms with van der Waals surface area (Å²) in [6, 6.07) is 2.26. The maximum Gasteiger partial charge on any atom is 0.0401 e. The predicted octanol–water partition coefficient (Wildman–Crippen LogP) is 4.65. The lowest BCUT2D eigenvalue weighted by Gasteiger charge is -2.09. The Hall–Kier alpha value is -0.120. The van der Waals surface area contributed by atoms with Crippen molar-refractivity contribution in [2.75, 3.05) is 0 Å². The number of unbranched alkanes of at least 4 members (excludes halogenated alkanes) is 3. The molecule has 3 heteroatoms. The number of nitrogens with two attached hydrogens (primary N) is 1. The molecule has 2 N–H and O–H groups in total. The van der Waals surface area contributed by atoms with E-state index in [1.165, 1.54) is 24.1 Å². The van der Waals surface area contributed by atoms with Crippen LogP contribution in [-0.4, -0.2) is 0 Å². The molecule has 0 amide bonds. The maximum atomic E-state index is 6.12. The van der Waals surface area contributed by atoms with Gasteiger partial charge in [0.25, 0.3) is 0 Å². The van der Waals surface area contributed by atoms with Gasteiger partial charge in [0.2, 0.25) is 0 Å². The Morgan fingerprint density at radius 3 is 2.87 bits per heavy atom. The minimum absolute atomic E-state index is 0.197. The first-order chi connectivity index (χ1) is 7.25. The minimum atomic E-state index is 0.197. The molecule has 15 heavy (non-hydrogen) atoms. The fraction of sp³-hybridized carbons (Fsp3) is 0.500. The second kappa shape index (κ2) is 7.20. The van der Waals surface area contributed by atoms with E-state index in [2.05, 4.69) is 34.0 Å². The minimum Gasteiger partial charge on any atom is -0.323 e. The van der Waals surface area contributed by atoms with Gasteiger partial charge in [-0.15, -0.1) is 17.9 Å². The highest BCUT2D eigenvalue weighted by molar-refractivity contribution is 9.10. The molecule has 0 bridgehead atoms. The van der Waals surface area contributed by atoms with Crippen LogP contribution in [0, 0.1) is 0 Å². The van der Waals surface area contributed by atoms with Crippen LogP contribution in [0.5, 0.6) is 0 Å². The van der Waals surface area contributed by atoms with Gasteiger partial charge in [-0.3, -0.25) is 0 Å². The Kier molecular flexibility index (Phi) is 6.22. The van der Waals surface area contributed by atoms with E-state index in [0.717, 1.165) is 17.3 Å². The topological polar surface area (TPSA) is 26.0 Å². The van der Waals surface area contributed by atoms with Crippen LogP contribution in [-0.2, 0) is 0 Å². The van der Waals surface area contributed by atoms with E-state index in [-0.39, 0.29) is 6.04 Å². The molecule has 0 fully saturated rings. The van der Waals surface area contributed by atoms with Crippen molar-refractivity contribution < 1.29 is 0 Å². The van der Waals surface area contributed by atoms with Crippen LogP contribution in [0.25, 0.3) is 0 Å². The third-order valence-electron chi connectivity index (χ3n) is 2.40. The first-order valence-corrected chi connectivity index (χ1v) is 7.02. The Bertz CT molecular complexity index is 296. The van der Waals surface area contributed by atoms with Gasteiger partial charge in [0.05, 0.1) is 0 Å². The molecule has 1 heterocycles. The molecule has 0 aromatic carbocycles. The van der Waals surface area contributed by atoms with E-state index in [1.54, 1.807) is 11.3 Å². The highest BCUT2D eigenvalue weighted by Gasteiger charge is 2.10. The zero-order valence-corrected chi connectivity index (χ0v) is 11.3. The quantitative estimate of drug-likeness (QED) is 0.573. The first-order valence-electron chi connectivity index (χ1n) is 5.35. The third-order valence-corrected chi connectivity index (χ3v) is 4.41. The SMILES string of the molecule is C=CCCCCCC(N)c1sccc1Br. The number of thiophene rings is 1. The van der Waals surface area contributed by atoms with E-state index in [1.807, 2.05) is 6.08 Å². The van der Waals surface area contributed by atoms with Gasteiger partial charge in [-0.2, -0.15) is 0 Å². The van der Waals surface area contributed by atoms with Gasteiger partial charge in [0.1, 0.15) is 0 Å².